The van der Waals surface area contributed by atoms with E-state index >= 15 is 0 Å². The largest absolute Gasteiger partial charge is 0.480 e. The summed E-state index contributed by atoms with van der Waals surface area (Å²) in [5.41, 5.74) is -0.320. The Hall–Kier alpha value is -2.37. The van der Waals surface area contributed by atoms with Gasteiger partial charge in [0.25, 0.3) is 0 Å². The molecule has 124 valence electrons. The molecule has 1 aliphatic carbocycles. The Balaban J connectivity index is 1.82. The molecule has 0 unspecified atom stereocenters. The number of carboxylic acids is 1. The Kier molecular flexibility index (Phi) is 5.73. The van der Waals surface area contributed by atoms with Crippen molar-refractivity contribution in [3.05, 3.63) is 35.9 Å². The lowest BCUT2D eigenvalue weighted by atomic mass is 9.81. The van der Waals surface area contributed by atoms with Gasteiger partial charge < -0.3 is 15.7 Å². The summed E-state index contributed by atoms with van der Waals surface area (Å²) in [6, 6.07) is 9.22. The molecule has 0 saturated heterocycles. The molecule has 1 aliphatic rings. The summed E-state index contributed by atoms with van der Waals surface area (Å²) in [5, 5.41) is 14.5. The zero-order chi connectivity index (χ0) is 16.7. The predicted octanol–water partition coefficient (Wildman–Crippen LogP) is 1.25. The number of amides is 2. The second kappa shape index (κ2) is 7.76. The van der Waals surface area contributed by atoms with Crippen LogP contribution < -0.4 is 10.6 Å². The Morgan fingerprint density at radius 3 is 2.26 bits per heavy atom. The minimum atomic E-state index is -1.18. The van der Waals surface area contributed by atoms with Crippen molar-refractivity contribution in [1.29, 1.82) is 0 Å². The van der Waals surface area contributed by atoms with Gasteiger partial charge in [0, 0.05) is 0 Å². The second-order valence-electron chi connectivity index (χ2n) is 5.94. The Labute approximate surface area is 135 Å². The molecule has 2 rings (SSSR count). The van der Waals surface area contributed by atoms with Crippen molar-refractivity contribution in [2.75, 3.05) is 6.54 Å². The zero-order valence-corrected chi connectivity index (χ0v) is 13.0. The first kappa shape index (κ1) is 17.0. The lowest BCUT2D eigenvalue weighted by molar-refractivity contribution is -0.149. The van der Waals surface area contributed by atoms with Crippen molar-refractivity contribution in [1.82, 2.24) is 10.6 Å². The van der Waals surface area contributed by atoms with E-state index in [1.807, 2.05) is 30.3 Å². The van der Waals surface area contributed by atoms with Crippen molar-refractivity contribution in [3.63, 3.8) is 0 Å². The van der Waals surface area contributed by atoms with E-state index in [0.29, 0.717) is 12.8 Å². The number of aliphatic carboxylic acids is 1. The van der Waals surface area contributed by atoms with E-state index in [-0.39, 0.29) is 18.9 Å². The molecule has 1 aromatic rings. The molecule has 0 aromatic heterocycles. The van der Waals surface area contributed by atoms with Crippen LogP contribution in [0.1, 0.15) is 37.7 Å². The minimum absolute atomic E-state index is 0.193. The van der Waals surface area contributed by atoms with Gasteiger partial charge in [-0.1, -0.05) is 49.6 Å². The van der Waals surface area contributed by atoms with Crippen molar-refractivity contribution >= 4 is 17.8 Å². The van der Waals surface area contributed by atoms with Crippen LogP contribution in [0.25, 0.3) is 0 Å². The van der Waals surface area contributed by atoms with Crippen LogP contribution >= 0.6 is 0 Å². The summed E-state index contributed by atoms with van der Waals surface area (Å²) in [4.78, 5) is 35.3. The molecule has 0 spiro atoms. The van der Waals surface area contributed by atoms with E-state index in [1.54, 1.807) is 0 Å². The number of hydrogen-bond donors (Lipinski definition) is 3. The summed E-state index contributed by atoms with van der Waals surface area (Å²) >= 11 is 0. The maximum atomic E-state index is 12.0. The summed E-state index contributed by atoms with van der Waals surface area (Å²) in [5.74, 6) is -1.73. The first-order valence-corrected chi connectivity index (χ1v) is 7.87. The molecule has 0 heterocycles. The van der Waals surface area contributed by atoms with Gasteiger partial charge in [0.05, 0.1) is 13.0 Å². The third-order valence-corrected chi connectivity index (χ3v) is 4.15. The number of rotatable bonds is 6. The molecule has 1 aromatic carbocycles. The van der Waals surface area contributed by atoms with Gasteiger partial charge in [-0.05, 0) is 18.4 Å². The zero-order valence-electron chi connectivity index (χ0n) is 13.0. The molecular formula is C17H22N2O4. The number of carbonyl (C=O) groups is 3. The van der Waals surface area contributed by atoms with Crippen molar-refractivity contribution in [2.24, 2.45) is 0 Å². The number of nitrogens with one attached hydrogen (secondary N) is 2. The van der Waals surface area contributed by atoms with E-state index in [9.17, 15) is 19.5 Å². The van der Waals surface area contributed by atoms with Gasteiger partial charge in [0.15, 0.2) is 0 Å². The average molecular weight is 318 g/mol. The number of carboxylic acid groups (broad SMARTS) is 1. The third-order valence-electron chi connectivity index (χ3n) is 4.15. The van der Waals surface area contributed by atoms with Crippen molar-refractivity contribution in [3.8, 4) is 0 Å². The standard InChI is InChI=1S/C17H22N2O4/c20-14(11-13-7-3-1-4-8-13)18-12-15(21)19-17(16(22)23)9-5-2-6-10-17/h1,3-4,7-8H,2,5-6,9-12H2,(H,18,20)(H,19,21)(H,22,23). The van der Waals surface area contributed by atoms with E-state index in [2.05, 4.69) is 10.6 Å². The van der Waals surface area contributed by atoms with Crippen LogP contribution in [-0.4, -0.2) is 35.0 Å². The topological polar surface area (TPSA) is 95.5 Å². The molecule has 1 saturated carbocycles. The SMILES string of the molecule is O=C(Cc1ccccc1)NCC(=O)NC1(C(=O)O)CCCCC1. The van der Waals surface area contributed by atoms with Gasteiger partial charge in [-0.25, -0.2) is 4.79 Å². The molecule has 2 amide bonds. The summed E-state index contributed by atoms with van der Waals surface area (Å²) < 4.78 is 0. The molecule has 0 atom stereocenters. The molecule has 1 fully saturated rings. The summed E-state index contributed by atoms with van der Waals surface area (Å²) in [7, 11) is 0. The van der Waals surface area contributed by atoms with Crippen molar-refractivity contribution < 1.29 is 19.5 Å². The van der Waals surface area contributed by atoms with E-state index < -0.39 is 17.4 Å². The maximum Gasteiger partial charge on any atom is 0.329 e. The third kappa shape index (κ3) is 4.81. The normalized spacial score (nSPS) is 16.3. The Morgan fingerprint density at radius 1 is 1.00 bits per heavy atom. The maximum absolute atomic E-state index is 12.0. The Morgan fingerprint density at radius 2 is 1.65 bits per heavy atom. The van der Waals surface area contributed by atoms with Crippen LogP contribution in [0.4, 0.5) is 0 Å². The molecule has 0 bridgehead atoms. The quantitative estimate of drug-likeness (QED) is 0.735. The van der Waals surface area contributed by atoms with Crippen molar-refractivity contribution in [2.45, 2.75) is 44.1 Å². The highest BCUT2D eigenvalue weighted by Gasteiger charge is 2.40. The van der Waals surface area contributed by atoms with E-state index in [1.165, 1.54) is 0 Å². The number of hydrogen-bond acceptors (Lipinski definition) is 3. The molecule has 3 N–H and O–H groups in total. The fraction of sp³-hybridized carbons (Fsp3) is 0.471. The van der Waals surface area contributed by atoms with Gasteiger partial charge in [-0.2, -0.15) is 0 Å². The summed E-state index contributed by atoms with van der Waals surface area (Å²) in [6.45, 7) is -0.208. The second-order valence-corrected chi connectivity index (χ2v) is 5.94. The number of benzene rings is 1. The highest BCUT2D eigenvalue weighted by molar-refractivity contribution is 5.90. The van der Waals surface area contributed by atoms with Gasteiger partial charge >= 0.3 is 5.97 Å². The monoisotopic (exact) mass is 318 g/mol. The highest BCUT2D eigenvalue weighted by atomic mass is 16.4. The van der Waals surface area contributed by atoms with Gasteiger partial charge in [-0.3, -0.25) is 9.59 Å². The van der Waals surface area contributed by atoms with Gasteiger partial charge in [-0.15, -0.1) is 0 Å². The van der Waals surface area contributed by atoms with Crippen LogP contribution in [0.15, 0.2) is 30.3 Å². The molecule has 0 aliphatic heterocycles. The van der Waals surface area contributed by atoms with Gasteiger partial charge in [0.2, 0.25) is 11.8 Å². The molecule has 6 heteroatoms. The summed E-state index contributed by atoms with van der Waals surface area (Å²) in [6.07, 6.45) is 3.62. The molecule has 0 radical (unpaired) electrons. The van der Waals surface area contributed by atoms with Crippen LogP contribution in [0.3, 0.4) is 0 Å². The smallest absolute Gasteiger partial charge is 0.329 e. The van der Waals surface area contributed by atoms with E-state index in [0.717, 1.165) is 24.8 Å². The van der Waals surface area contributed by atoms with Crippen LogP contribution in [-0.2, 0) is 20.8 Å². The van der Waals surface area contributed by atoms with E-state index in [4.69, 9.17) is 0 Å². The molecule has 23 heavy (non-hydrogen) atoms. The Bertz CT molecular complexity index is 565. The molecular weight excluding hydrogens is 296 g/mol. The first-order chi connectivity index (χ1) is 11.0. The minimum Gasteiger partial charge on any atom is -0.480 e. The highest BCUT2D eigenvalue weighted by Crippen LogP contribution is 2.28. The fourth-order valence-corrected chi connectivity index (χ4v) is 2.88. The fourth-order valence-electron chi connectivity index (χ4n) is 2.88. The number of carbonyl (C=O) groups excluding carboxylic acids is 2. The van der Waals surface area contributed by atoms with Crippen LogP contribution in [0, 0.1) is 0 Å². The predicted molar refractivity (Wildman–Crippen MR) is 84.8 cm³/mol. The van der Waals surface area contributed by atoms with Gasteiger partial charge in [0.1, 0.15) is 5.54 Å². The lowest BCUT2D eigenvalue weighted by Gasteiger charge is -2.33. The average Bonchev–Trinajstić information content (AvgIpc) is 2.55. The van der Waals surface area contributed by atoms with Crippen LogP contribution in [0.2, 0.25) is 0 Å². The first-order valence-electron chi connectivity index (χ1n) is 7.87. The molecule has 6 nitrogen and oxygen atoms in total. The lowest BCUT2D eigenvalue weighted by Crippen LogP contribution is -2.57. The van der Waals surface area contributed by atoms with Crippen LogP contribution in [0.5, 0.6) is 0 Å².